The van der Waals surface area contributed by atoms with E-state index in [1.54, 1.807) is 7.11 Å². The molecule has 1 rings (SSSR count). The molecule has 17 heavy (non-hydrogen) atoms. The van der Waals surface area contributed by atoms with Crippen molar-refractivity contribution in [3.05, 3.63) is 16.4 Å². The highest BCUT2D eigenvalue weighted by atomic mass is 79.9. The van der Waals surface area contributed by atoms with Crippen LogP contribution in [-0.2, 0) is 11.3 Å². The maximum absolute atomic E-state index is 6.26. The summed E-state index contributed by atoms with van der Waals surface area (Å²) in [6, 6.07) is 0.0266. The van der Waals surface area contributed by atoms with Crippen molar-refractivity contribution in [2.24, 2.45) is 11.7 Å². The molecule has 1 heterocycles. The van der Waals surface area contributed by atoms with Gasteiger partial charge in [-0.1, -0.05) is 20.3 Å². The Balaban J connectivity index is 2.76. The second kappa shape index (κ2) is 7.13. The Kier molecular flexibility index (Phi) is 6.16. The fraction of sp³-hybridized carbons (Fsp3) is 0.750. The van der Waals surface area contributed by atoms with Crippen LogP contribution in [-0.4, -0.2) is 23.5 Å². The van der Waals surface area contributed by atoms with Crippen molar-refractivity contribution >= 4 is 15.9 Å². The fourth-order valence-electron chi connectivity index (χ4n) is 1.81. The average Bonchev–Trinajstić information content (AvgIpc) is 2.67. The number of aromatic nitrogens is 2. The molecule has 0 radical (unpaired) electrons. The van der Waals surface area contributed by atoms with Crippen LogP contribution in [0.5, 0.6) is 0 Å². The van der Waals surface area contributed by atoms with Gasteiger partial charge in [-0.25, -0.2) is 0 Å². The largest absolute Gasteiger partial charge is 0.383 e. The SMILES string of the molecule is CCC(C)CC(N)c1c(Br)cnn1CCOC. The Bertz CT molecular complexity index is 340. The standard InChI is InChI=1S/C12H22BrN3O/c1-4-9(2)7-11(14)12-10(13)8-15-16(12)5-6-17-3/h8-9,11H,4-7,14H2,1-3H3. The summed E-state index contributed by atoms with van der Waals surface area (Å²) >= 11 is 3.52. The van der Waals surface area contributed by atoms with Crippen molar-refractivity contribution in [3.8, 4) is 0 Å². The Morgan fingerprint density at radius 2 is 2.29 bits per heavy atom. The van der Waals surface area contributed by atoms with E-state index in [1.807, 2.05) is 10.9 Å². The minimum absolute atomic E-state index is 0.0266. The summed E-state index contributed by atoms with van der Waals surface area (Å²) in [5.74, 6) is 0.627. The third-order valence-corrected chi connectivity index (χ3v) is 3.66. The van der Waals surface area contributed by atoms with E-state index in [1.165, 1.54) is 0 Å². The first-order chi connectivity index (χ1) is 8.10. The average molecular weight is 304 g/mol. The van der Waals surface area contributed by atoms with Crippen molar-refractivity contribution in [2.45, 2.75) is 39.3 Å². The normalized spacial score (nSPS) is 14.9. The number of methoxy groups -OCH3 is 1. The van der Waals surface area contributed by atoms with Crippen LogP contribution in [0.3, 0.4) is 0 Å². The lowest BCUT2D eigenvalue weighted by molar-refractivity contribution is 0.181. The van der Waals surface area contributed by atoms with E-state index in [0.29, 0.717) is 12.5 Å². The number of nitrogens with two attached hydrogens (primary N) is 1. The molecule has 2 atom stereocenters. The molecule has 0 aliphatic rings. The van der Waals surface area contributed by atoms with Crippen LogP contribution in [0.1, 0.15) is 38.4 Å². The summed E-state index contributed by atoms with van der Waals surface area (Å²) in [4.78, 5) is 0. The van der Waals surface area contributed by atoms with Crippen molar-refractivity contribution < 1.29 is 4.74 Å². The van der Waals surface area contributed by atoms with Crippen LogP contribution < -0.4 is 5.73 Å². The zero-order chi connectivity index (χ0) is 12.8. The fourth-order valence-corrected chi connectivity index (χ4v) is 2.40. The number of hydrogen-bond donors (Lipinski definition) is 1. The molecule has 1 aromatic heterocycles. The van der Waals surface area contributed by atoms with E-state index in [4.69, 9.17) is 10.5 Å². The first-order valence-electron chi connectivity index (χ1n) is 6.05. The van der Waals surface area contributed by atoms with Crippen LogP contribution in [0.15, 0.2) is 10.7 Å². The van der Waals surface area contributed by atoms with Crippen molar-refractivity contribution in [1.82, 2.24) is 9.78 Å². The van der Waals surface area contributed by atoms with E-state index in [0.717, 1.165) is 29.6 Å². The second-order valence-electron chi connectivity index (χ2n) is 4.45. The maximum atomic E-state index is 6.26. The molecule has 5 heteroatoms. The lowest BCUT2D eigenvalue weighted by Gasteiger charge is -2.18. The minimum atomic E-state index is 0.0266. The van der Waals surface area contributed by atoms with Crippen LogP contribution in [0.2, 0.25) is 0 Å². The van der Waals surface area contributed by atoms with Gasteiger partial charge in [-0.15, -0.1) is 0 Å². The van der Waals surface area contributed by atoms with E-state index in [-0.39, 0.29) is 6.04 Å². The lowest BCUT2D eigenvalue weighted by Crippen LogP contribution is -2.20. The summed E-state index contributed by atoms with van der Waals surface area (Å²) in [5, 5.41) is 4.32. The quantitative estimate of drug-likeness (QED) is 0.842. The van der Waals surface area contributed by atoms with Crippen molar-refractivity contribution in [2.75, 3.05) is 13.7 Å². The van der Waals surface area contributed by atoms with Gasteiger partial charge in [-0.3, -0.25) is 4.68 Å². The summed E-state index contributed by atoms with van der Waals surface area (Å²) in [6.45, 7) is 5.81. The summed E-state index contributed by atoms with van der Waals surface area (Å²) < 4.78 is 8.00. The molecule has 0 aromatic carbocycles. The molecule has 0 saturated heterocycles. The molecule has 0 spiro atoms. The van der Waals surface area contributed by atoms with Gasteiger partial charge in [0.15, 0.2) is 0 Å². The minimum Gasteiger partial charge on any atom is -0.383 e. The van der Waals surface area contributed by atoms with Gasteiger partial charge in [0.1, 0.15) is 0 Å². The number of halogens is 1. The monoisotopic (exact) mass is 303 g/mol. The van der Waals surface area contributed by atoms with Gasteiger partial charge in [0.2, 0.25) is 0 Å². The smallest absolute Gasteiger partial charge is 0.0694 e. The lowest BCUT2D eigenvalue weighted by atomic mass is 9.98. The third kappa shape index (κ3) is 4.08. The number of hydrogen-bond acceptors (Lipinski definition) is 3. The topological polar surface area (TPSA) is 53.1 Å². The number of nitrogens with zero attached hydrogens (tertiary/aromatic N) is 2. The van der Waals surface area contributed by atoms with Gasteiger partial charge in [0, 0.05) is 13.2 Å². The first kappa shape index (κ1) is 14.7. The predicted molar refractivity (Wildman–Crippen MR) is 72.8 cm³/mol. The Hall–Kier alpha value is -0.390. The summed E-state index contributed by atoms with van der Waals surface area (Å²) in [5.41, 5.74) is 7.33. The molecular weight excluding hydrogens is 282 g/mol. The highest BCUT2D eigenvalue weighted by molar-refractivity contribution is 9.10. The molecule has 4 nitrogen and oxygen atoms in total. The molecule has 2 unspecified atom stereocenters. The van der Waals surface area contributed by atoms with Gasteiger partial charge >= 0.3 is 0 Å². The number of rotatable bonds is 7. The zero-order valence-corrected chi connectivity index (χ0v) is 12.4. The van der Waals surface area contributed by atoms with Crippen LogP contribution in [0.4, 0.5) is 0 Å². The summed E-state index contributed by atoms with van der Waals surface area (Å²) in [6.07, 6.45) is 3.94. The van der Waals surface area contributed by atoms with Crippen LogP contribution in [0, 0.1) is 5.92 Å². The van der Waals surface area contributed by atoms with Crippen LogP contribution in [0.25, 0.3) is 0 Å². The molecule has 0 fully saturated rings. The van der Waals surface area contributed by atoms with Gasteiger partial charge in [-0.05, 0) is 28.3 Å². The van der Waals surface area contributed by atoms with Gasteiger partial charge in [0.05, 0.1) is 29.5 Å². The highest BCUT2D eigenvalue weighted by Crippen LogP contribution is 2.27. The predicted octanol–water partition coefficient (Wildman–Crippen LogP) is 2.73. The Labute approximate surface area is 112 Å². The van der Waals surface area contributed by atoms with Gasteiger partial charge in [-0.2, -0.15) is 5.10 Å². The van der Waals surface area contributed by atoms with E-state index in [9.17, 15) is 0 Å². The molecule has 0 saturated carbocycles. The second-order valence-corrected chi connectivity index (χ2v) is 5.30. The van der Waals surface area contributed by atoms with E-state index in [2.05, 4.69) is 34.9 Å². The van der Waals surface area contributed by atoms with Gasteiger partial charge in [0.25, 0.3) is 0 Å². The van der Waals surface area contributed by atoms with Crippen molar-refractivity contribution in [3.63, 3.8) is 0 Å². The van der Waals surface area contributed by atoms with Crippen molar-refractivity contribution in [1.29, 1.82) is 0 Å². The number of ether oxygens (including phenoxy) is 1. The molecule has 98 valence electrons. The molecule has 0 aliphatic heterocycles. The third-order valence-electron chi connectivity index (χ3n) is 3.04. The van der Waals surface area contributed by atoms with Crippen LogP contribution >= 0.6 is 15.9 Å². The molecule has 0 aliphatic carbocycles. The molecule has 1 aromatic rings. The zero-order valence-electron chi connectivity index (χ0n) is 10.8. The Morgan fingerprint density at radius 3 is 2.88 bits per heavy atom. The summed E-state index contributed by atoms with van der Waals surface area (Å²) in [7, 11) is 1.69. The first-order valence-corrected chi connectivity index (χ1v) is 6.85. The maximum Gasteiger partial charge on any atom is 0.0694 e. The van der Waals surface area contributed by atoms with E-state index < -0.39 is 0 Å². The Morgan fingerprint density at radius 1 is 1.59 bits per heavy atom. The molecule has 0 amide bonds. The van der Waals surface area contributed by atoms with E-state index >= 15 is 0 Å². The highest BCUT2D eigenvalue weighted by Gasteiger charge is 2.18. The molecule has 0 bridgehead atoms. The molecular formula is C12H22BrN3O. The van der Waals surface area contributed by atoms with Gasteiger partial charge < -0.3 is 10.5 Å². The molecule has 2 N–H and O–H groups in total.